The van der Waals surface area contributed by atoms with Gasteiger partial charge in [-0.25, -0.2) is 4.98 Å². The van der Waals surface area contributed by atoms with Crippen LogP contribution in [0.25, 0.3) is 22.5 Å². The van der Waals surface area contributed by atoms with Crippen molar-refractivity contribution in [2.75, 3.05) is 0 Å². The van der Waals surface area contributed by atoms with Crippen LogP contribution in [0.3, 0.4) is 0 Å². The summed E-state index contributed by atoms with van der Waals surface area (Å²) in [5.41, 5.74) is 7.39. The van der Waals surface area contributed by atoms with Gasteiger partial charge in [-0.15, -0.1) is 0 Å². The summed E-state index contributed by atoms with van der Waals surface area (Å²) in [6.07, 6.45) is 2.95. The van der Waals surface area contributed by atoms with Crippen LogP contribution in [0.5, 0.6) is 0 Å². The molecule has 1 saturated carbocycles. The molecule has 4 rings (SSSR count). The third kappa shape index (κ3) is 1.71. The van der Waals surface area contributed by atoms with Gasteiger partial charge in [0.1, 0.15) is 5.69 Å². The molecule has 0 saturated heterocycles. The number of aromatic nitrogens is 3. The lowest BCUT2D eigenvalue weighted by Gasteiger charge is -2.34. The van der Waals surface area contributed by atoms with Crippen LogP contribution in [0.4, 0.5) is 0 Å². The first-order valence-corrected chi connectivity index (χ1v) is 6.74. The largest absolute Gasteiger partial charge is 0.332 e. The Hall–Kier alpha value is -2.27. The molecule has 0 unspecified atom stereocenters. The summed E-state index contributed by atoms with van der Waals surface area (Å²) in [6.45, 7) is 0. The van der Waals surface area contributed by atoms with Crippen molar-refractivity contribution in [1.29, 1.82) is 0 Å². The van der Waals surface area contributed by atoms with E-state index in [4.69, 9.17) is 10.3 Å². The van der Waals surface area contributed by atoms with Crippen molar-refractivity contribution >= 4 is 10.9 Å². The highest BCUT2D eigenvalue weighted by molar-refractivity contribution is 5.80. The van der Waals surface area contributed by atoms with Crippen molar-refractivity contribution in [3.8, 4) is 11.6 Å². The molecule has 20 heavy (non-hydrogen) atoms. The molecule has 2 heterocycles. The molecule has 1 aromatic carbocycles. The number of nitrogens with zero attached hydrogens (tertiary/aromatic N) is 3. The predicted octanol–water partition coefficient (Wildman–Crippen LogP) is 2.62. The number of hydrogen-bond donors (Lipinski definition) is 1. The fraction of sp³-hybridized carbons (Fsp3) is 0.267. The highest BCUT2D eigenvalue weighted by Gasteiger charge is 2.39. The van der Waals surface area contributed by atoms with Crippen LogP contribution in [0.2, 0.25) is 0 Å². The van der Waals surface area contributed by atoms with Crippen LogP contribution in [0, 0.1) is 0 Å². The maximum atomic E-state index is 6.20. The number of pyridine rings is 1. The van der Waals surface area contributed by atoms with Gasteiger partial charge < -0.3 is 10.3 Å². The predicted molar refractivity (Wildman–Crippen MR) is 74.8 cm³/mol. The van der Waals surface area contributed by atoms with Gasteiger partial charge in [-0.2, -0.15) is 4.98 Å². The smallest absolute Gasteiger partial charge is 0.276 e. The average Bonchev–Trinajstić information content (AvgIpc) is 2.94. The Labute approximate surface area is 115 Å². The van der Waals surface area contributed by atoms with Crippen LogP contribution in [0.1, 0.15) is 25.1 Å². The van der Waals surface area contributed by atoms with Crippen molar-refractivity contribution in [2.45, 2.75) is 24.8 Å². The fourth-order valence-electron chi connectivity index (χ4n) is 2.50. The molecule has 1 aliphatic rings. The standard InChI is InChI=1S/C15H14N4O/c16-15(8-3-9-15)14-18-13(20-19-14)12-7-6-10-4-1-2-5-11(10)17-12/h1-2,4-7H,3,8-9,16H2. The number of para-hydroxylation sites is 1. The number of nitrogens with two attached hydrogens (primary N) is 1. The fourth-order valence-corrected chi connectivity index (χ4v) is 2.50. The molecular formula is C15H14N4O. The number of rotatable bonds is 2. The van der Waals surface area contributed by atoms with E-state index >= 15 is 0 Å². The van der Waals surface area contributed by atoms with Gasteiger partial charge in [0.25, 0.3) is 5.89 Å². The van der Waals surface area contributed by atoms with Gasteiger partial charge in [0.2, 0.25) is 0 Å². The molecular weight excluding hydrogens is 252 g/mol. The summed E-state index contributed by atoms with van der Waals surface area (Å²) in [7, 11) is 0. The second kappa shape index (κ2) is 4.11. The number of hydrogen-bond acceptors (Lipinski definition) is 5. The molecule has 1 aliphatic carbocycles. The van der Waals surface area contributed by atoms with E-state index in [0.29, 0.717) is 17.4 Å². The molecule has 0 bridgehead atoms. The van der Waals surface area contributed by atoms with Gasteiger partial charge in [-0.3, -0.25) is 0 Å². The molecule has 1 fully saturated rings. The van der Waals surface area contributed by atoms with E-state index in [2.05, 4.69) is 15.1 Å². The molecule has 2 aromatic heterocycles. The van der Waals surface area contributed by atoms with Gasteiger partial charge in [-0.1, -0.05) is 29.4 Å². The molecule has 100 valence electrons. The van der Waals surface area contributed by atoms with Gasteiger partial charge in [0.05, 0.1) is 11.1 Å². The summed E-state index contributed by atoms with van der Waals surface area (Å²) in [6, 6.07) is 11.8. The zero-order valence-electron chi connectivity index (χ0n) is 10.9. The van der Waals surface area contributed by atoms with E-state index in [1.807, 2.05) is 36.4 Å². The minimum Gasteiger partial charge on any atom is -0.332 e. The lowest BCUT2D eigenvalue weighted by atomic mass is 9.77. The minimum atomic E-state index is -0.404. The van der Waals surface area contributed by atoms with Crippen LogP contribution < -0.4 is 5.73 Å². The number of benzene rings is 1. The van der Waals surface area contributed by atoms with E-state index in [9.17, 15) is 0 Å². The van der Waals surface area contributed by atoms with Gasteiger partial charge in [-0.05, 0) is 31.4 Å². The van der Waals surface area contributed by atoms with Crippen LogP contribution in [0.15, 0.2) is 40.9 Å². The maximum absolute atomic E-state index is 6.20. The molecule has 5 nitrogen and oxygen atoms in total. The Balaban J connectivity index is 1.75. The topological polar surface area (TPSA) is 77.8 Å². The zero-order chi connectivity index (χ0) is 13.6. The van der Waals surface area contributed by atoms with Crippen LogP contribution in [-0.2, 0) is 5.54 Å². The molecule has 5 heteroatoms. The lowest BCUT2D eigenvalue weighted by molar-refractivity contribution is 0.229. The second-order valence-corrected chi connectivity index (χ2v) is 5.32. The summed E-state index contributed by atoms with van der Waals surface area (Å²) < 4.78 is 5.32. The van der Waals surface area contributed by atoms with E-state index < -0.39 is 5.54 Å². The van der Waals surface area contributed by atoms with Crippen molar-refractivity contribution in [2.24, 2.45) is 5.73 Å². The van der Waals surface area contributed by atoms with Gasteiger partial charge in [0, 0.05) is 5.39 Å². The van der Waals surface area contributed by atoms with Crippen molar-refractivity contribution in [3.05, 3.63) is 42.2 Å². The van der Waals surface area contributed by atoms with Crippen LogP contribution >= 0.6 is 0 Å². The van der Waals surface area contributed by atoms with Crippen LogP contribution in [-0.4, -0.2) is 15.1 Å². The second-order valence-electron chi connectivity index (χ2n) is 5.32. The monoisotopic (exact) mass is 266 g/mol. The molecule has 0 aliphatic heterocycles. The third-order valence-corrected chi connectivity index (χ3v) is 3.93. The zero-order valence-corrected chi connectivity index (χ0v) is 10.9. The van der Waals surface area contributed by atoms with Gasteiger partial charge >= 0.3 is 0 Å². The van der Waals surface area contributed by atoms with E-state index in [1.165, 1.54) is 0 Å². The Morgan fingerprint density at radius 1 is 1.05 bits per heavy atom. The molecule has 0 spiro atoms. The van der Waals surface area contributed by atoms with E-state index in [1.54, 1.807) is 0 Å². The van der Waals surface area contributed by atoms with Crippen molar-refractivity contribution < 1.29 is 4.52 Å². The first-order chi connectivity index (χ1) is 9.74. The summed E-state index contributed by atoms with van der Waals surface area (Å²) >= 11 is 0. The number of fused-ring (bicyclic) bond motifs is 1. The molecule has 0 radical (unpaired) electrons. The maximum Gasteiger partial charge on any atom is 0.276 e. The minimum absolute atomic E-state index is 0.404. The van der Waals surface area contributed by atoms with E-state index in [0.717, 1.165) is 30.2 Å². The molecule has 0 atom stereocenters. The highest BCUT2D eigenvalue weighted by atomic mass is 16.5. The Bertz CT molecular complexity index is 776. The lowest BCUT2D eigenvalue weighted by Crippen LogP contribution is -2.44. The summed E-state index contributed by atoms with van der Waals surface area (Å²) in [5.74, 6) is 1.02. The Morgan fingerprint density at radius 3 is 2.70 bits per heavy atom. The SMILES string of the molecule is NC1(c2noc(-c3ccc4ccccc4n3)n2)CCC1. The van der Waals surface area contributed by atoms with E-state index in [-0.39, 0.29) is 0 Å². The summed E-state index contributed by atoms with van der Waals surface area (Å²) in [5, 5.41) is 5.10. The highest BCUT2D eigenvalue weighted by Crippen LogP contribution is 2.37. The van der Waals surface area contributed by atoms with Crippen molar-refractivity contribution in [3.63, 3.8) is 0 Å². The first-order valence-electron chi connectivity index (χ1n) is 6.74. The molecule has 3 aromatic rings. The quantitative estimate of drug-likeness (QED) is 0.771. The van der Waals surface area contributed by atoms with Crippen molar-refractivity contribution in [1.82, 2.24) is 15.1 Å². The van der Waals surface area contributed by atoms with Gasteiger partial charge in [0.15, 0.2) is 5.82 Å². The molecule has 2 N–H and O–H groups in total. The first kappa shape index (κ1) is 11.5. The summed E-state index contributed by atoms with van der Waals surface area (Å²) in [4.78, 5) is 8.96. The Morgan fingerprint density at radius 2 is 1.90 bits per heavy atom. The third-order valence-electron chi connectivity index (χ3n) is 3.93. The average molecular weight is 266 g/mol. The Kier molecular flexibility index (Phi) is 2.37. The molecule has 0 amide bonds. The normalized spacial score (nSPS) is 17.1.